The van der Waals surface area contributed by atoms with Crippen LogP contribution in [0.1, 0.15) is 36.0 Å². The molecule has 1 amide bonds. The van der Waals surface area contributed by atoms with Crippen LogP contribution in [0.25, 0.3) is 11.3 Å². The summed E-state index contributed by atoms with van der Waals surface area (Å²) in [6, 6.07) is 18.7. The highest BCUT2D eigenvalue weighted by molar-refractivity contribution is 5.75. The van der Waals surface area contributed by atoms with E-state index in [4.69, 9.17) is 15.5 Å². The number of aromatic nitrogens is 2. The van der Waals surface area contributed by atoms with Crippen molar-refractivity contribution in [1.82, 2.24) is 14.9 Å². The number of benzene rings is 2. The molecule has 3 aliphatic rings. The fourth-order valence-electron chi connectivity index (χ4n) is 5.77. The van der Waals surface area contributed by atoms with Crippen molar-refractivity contribution in [3.63, 3.8) is 0 Å². The molecule has 1 aliphatic carbocycles. The van der Waals surface area contributed by atoms with Gasteiger partial charge in [0.15, 0.2) is 0 Å². The van der Waals surface area contributed by atoms with Gasteiger partial charge in [-0.3, -0.25) is 0 Å². The number of nitrogens with two attached hydrogens (primary N) is 1. The van der Waals surface area contributed by atoms with E-state index in [2.05, 4.69) is 34.1 Å². The minimum atomic E-state index is -0.229. The highest BCUT2D eigenvalue weighted by Gasteiger charge is 2.43. The molecule has 2 N–H and O–H groups in total. The average molecular weight is 456 g/mol. The van der Waals surface area contributed by atoms with Crippen LogP contribution in [0.3, 0.4) is 0 Å². The molecule has 3 heterocycles. The Balaban J connectivity index is 1.25. The van der Waals surface area contributed by atoms with Gasteiger partial charge in [0.1, 0.15) is 12.4 Å². The summed E-state index contributed by atoms with van der Waals surface area (Å²) in [5.74, 6) is 1.26. The number of nitrogens with zero attached hydrogens (tertiary/aromatic N) is 4. The Bertz CT molecular complexity index is 1210. The van der Waals surface area contributed by atoms with Crippen molar-refractivity contribution >= 4 is 17.9 Å². The molecule has 2 unspecified atom stereocenters. The van der Waals surface area contributed by atoms with Gasteiger partial charge >= 0.3 is 6.09 Å². The van der Waals surface area contributed by atoms with Gasteiger partial charge in [0.05, 0.1) is 11.7 Å². The van der Waals surface area contributed by atoms with Crippen LogP contribution in [0, 0.1) is 0 Å². The van der Waals surface area contributed by atoms with E-state index in [1.54, 1.807) is 0 Å². The van der Waals surface area contributed by atoms with Crippen LogP contribution in [0.15, 0.2) is 54.6 Å². The number of amides is 1. The summed E-state index contributed by atoms with van der Waals surface area (Å²) in [7, 11) is 0. The number of anilines is 2. The summed E-state index contributed by atoms with van der Waals surface area (Å²) in [6.07, 6.45) is 4.60. The lowest BCUT2D eigenvalue weighted by Crippen LogP contribution is -2.41. The van der Waals surface area contributed by atoms with E-state index < -0.39 is 0 Å². The zero-order valence-corrected chi connectivity index (χ0v) is 19.2. The SMILES string of the molecule is Nc1nc2c(c(N3CCC4CC3CN4C(=O)OCc3ccccc3)n1)CCCc1ccccc1-2. The van der Waals surface area contributed by atoms with Gasteiger partial charge < -0.3 is 20.3 Å². The highest BCUT2D eigenvalue weighted by atomic mass is 16.6. The molecule has 3 aromatic rings. The van der Waals surface area contributed by atoms with Gasteiger partial charge in [-0.25, -0.2) is 9.78 Å². The number of rotatable bonds is 3. The lowest BCUT2D eigenvalue weighted by atomic mass is 9.99. The molecule has 7 nitrogen and oxygen atoms in total. The number of carbonyl (C=O) groups is 1. The van der Waals surface area contributed by atoms with Crippen LogP contribution in [-0.4, -0.2) is 46.1 Å². The Kier molecular flexibility index (Phi) is 5.32. The number of carbonyl (C=O) groups excluding carboxylic acids is 1. The van der Waals surface area contributed by atoms with Crippen LogP contribution in [0.5, 0.6) is 0 Å². The minimum absolute atomic E-state index is 0.208. The predicted molar refractivity (Wildman–Crippen MR) is 131 cm³/mol. The number of hydrogen-bond acceptors (Lipinski definition) is 6. The first kappa shape index (κ1) is 21.0. The lowest BCUT2D eigenvalue weighted by Gasteiger charge is -2.35. The number of ether oxygens (including phenoxy) is 1. The van der Waals surface area contributed by atoms with E-state index in [1.807, 2.05) is 35.2 Å². The molecule has 6 rings (SSSR count). The number of piperidine rings is 1. The van der Waals surface area contributed by atoms with Gasteiger partial charge in [-0.15, -0.1) is 0 Å². The average Bonchev–Trinajstić information content (AvgIpc) is 3.08. The van der Waals surface area contributed by atoms with Crippen molar-refractivity contribution in [2.45, 2.75) is 50.8 Å². The van der Waals surface area contributed by atoms with Gasteiger partial charge in [-0.05, 0) is 43.2 Å². The highest BCUT2D eigenvalue weighted by Crippen LogP contribution is 2.40. The Labute approximate surface area is 199 Å². The van der Waals surface area contributed by atoms with Crippen LogP contribution in [-0.2, 0) is 24.2 Å². The smallest absolute Gasteiger partial charge is 0.410 e. The number of hydrogen-bond donors (Lipinski definition) is 1. The molecule has 2 saturated heterocycles. The van der Waals surface area contributed by atoms with Crippen LogP contribution in [0.4, 0.5) is 16.6 Å². The van der Waals surface area contributed by atoms with E-state index >= 15 is 0 Å². The third-order valence-electron chi connectivity index (χ3n) is 7.40. The zero-order chi connectivity index (χ0) is 23.1. The molecule has 2 atom stereocenters. The summed E-state index contributed by atoms with van der Waals surface area (Å²) in [4.78, 5) is 26.6. The fraction of sp³-hybridized carbons (Fsp3) is 0.370. The molecule has 2 aliphatic heterocycles. The molecule has 0 saturated carbocycles. The monoisotopic (exact) mass is 455 g/mol. The summed E-state index contributed by atoms with van der Waals surface area (Å²) < 4.78 is 5.65. The summed E-state index contributed by atoms with van der Waals surface area (Å²) in [5, 5.41) is 0. The molecule has 2 fully saturated rings. The van der Waals surface area contributed by atoms with Gasteiger partial charge in [0, 0.05) is 30.3 Å². The maximum absolute atomic E-state index is 12.9. The van der Waals surface area contributed by atoms with Gasteiger partial charge in [0.25, 0.3) is 0 Å². The van der Waals surface area contributed by atoms with Gasteiger partial charge in [-0.1, -0.05) is 54.6 Å². The van der Waals surface area contributed by atoms with E-state index in [1.165, 1.54) is 11.1 Å². The number of nitrogen functional groups attached to an aromatic ring is 1. The van der Waals surface area contributed by atoms with E-state index in [9.17, 15) is 4.79 Å². The summed E-state index contributed by atoms with van der Waals surface area (Å²) >= 11 is 0. The second kappa shape index (κ2) is 8.63. The molecule has 174 valence electrons. The van der Waals surface area contributed by atoms with Crippen LogP contribution in [0.2, 0.25) is 0 Å². The maximum Gasteiger partial charge on any atom is 0.410 e. The van der Waals surface area contributed by atoms with Crippen molar-refractivity contribution in [2.24, 2.45) is 0 Å². The molecule has 0 spiro atoms. The molecular formula is C27H29N5O2. The predicted octanol–water partition coefficient (Wildman–Crippen LogP) is 4.20. The molecule has 2 bridgehead atoms. The van der Waals surface area contributed by atoms with Crippen LogP contribution >= 0.6 is 0 Å². The van der Waals surface area contributed by atoms with E-state index in [0.717, 1.165) is 61.3 Å². The first-order valence-corrected chi connectivity index (χ1v) is 12.2. The lowest BCUT2D eigenvalue weighted by molar-refractivity contribution is 0.0920. The first-order chi connectivity index (χ1) is 16.7. The largest absolute Gasteiger partial charge is 0.445 e. The topological polar surface area (TPSA) is 84.6 Å². The zero-order valence-electron chi connectivity index (χ0n) is 19.2. The second-order valence-corrected chi connectivity index (χ2v) is 9.46. The summed E-state index contributed by atoms with van der Waals surface area (Å²) in [6.45, 7) is 1.79. The normalized spacial score (nSPS) is 20.9. The van der Waals surface area contributed by atoms with Crippen molar-refractivity contribution in [2.75, 3.05) is 23.7 Å². The summed E-state index contributed by atoms with van der Waals surface area (Å²) in [5.41, 5.74) is 11.9. The molecule has 2 aromatic carbocycles. The maximum atomic E-state index is 12.9. The second-order valence-electron chi connectivity index (χ2n) is 9.46. The standard InChI is InChI=1S/C27H29N5O2/c28-26-29-24-22-11-5-4-9-19(22)10-6-12-23(24)25(30-26)31-14-13-20-15-21(31)16-32(20)27(33)34-17-18-7-2-1-3-8-18/h1-5,7-9,11,20-21H,6,10,12-17H2,(H2,28,29,30). The number of fused-ring (bicyclic) bond motifs is 5. The van der Waals surface area contributed by atoms with Gasteiger partial charge in [-0.2, -0.15) is 4.98 Å². The van der Waals surface area contributed by atoms with E-state index in [-0.39, 0.29) is 18.2 Å². The fourth-order valence-corrected chi connectivity index (χ4v) is 5.77. The first-order valence-electron chi connectivity index (χ1n) is 12.2. The Morgan fingerprint density at radius 3 is 2.74 bits per heavy atom. The van der Waals surface area contributed by atoms with Crippen molar-refractivity contribution < 1.29 is 9.53 Å². The molecule has 7 heteroatoms. The van der Waals surface area contributed by atoms with Crippen LogP contribution < -0.4 is 10.6 Å². The Hall–Kier alpha value is -3.61. The Morgan fingerprint density at radius 1 is 1.03 bits per heavy atom. The number of aryl methyl sites for hydroxylation is 1. The third kappa shape index (κ3) is 3.75. The van der Waals surface area contributed by atoms with Crippen molar-refractivity contribution in [3.8, 4) is 11.3 Å². The quantitative estimate of drug-likeness (QED) is 0.637. The van der Waals surface area contributed by atoms with Gasteiger partial charge in [0.2, 0.25) is 5.95 Å². The molecule has 1 aromatic heterocycles. The Morgan fingerprint density at radius 2 is 1.85 bits per heavy atom. The van der Waals surface area contributed by atoms with Crippen molar-refractivity contribution in [3.05, 3.63) is 71.3 Å². The van der Waals surface area contributed by atoms with E-state index in [0.29, 0.717) is 19.1 Å². The molecular weight excluding hydrogens is 426 g/mol. The number of likely N-dealkylation sites (tertiary alicyclic amines) is 1. The molecule has 34 heavy (non-hydrogen) atoms. The molecule has 0 radical (unpaired) electrons. The third-order valence-corrected chi connectivity index (χ3v) is 7.40. The van der Waals surface area contributed by atoms with Crippen molar-refractivity contribution in [1.29, 1.82) is 0 Å². The minimum Gasteiger partial charge on any atom is -0.445 e.